The van der Waals surface area contributed by atoms with Crippen molar-refractivity contribution in [1.29, 1.82) is 0 Å². The van der Waals surface area contributed by atoms with Gasteiger partial charge in [0.15, 0.2) is 0 Å². The van der Waals surface area contributed by atoms with E-state index >= 15 is 0 Å². The number of hydrogen-bond acceptors (Lipinski definition) is 5. The number of nitrogens with zero attached hydrogens (tertiary/aromatic N) is 4. The van der Waals surface area contributed by atoms with Crippen LogP contribution in [-0.2, 0) is 17.8 Å². The Hall–Kier alpha value is -1.73. The maximum Gasteiger partial charge on any atom is 0.237 e. The molecule has 2 atom stereocenters. The van der Waals surface area contributed by atoms with Crippen LogP contribution in [-0.4, -0.2) is 51.2 Å². The van der Waals surface area contributed by atoms with Crippen LogP contribution in [0.3, 0.4) is 0 Å². The van der Waals surface area contributed by atoms with Crippen LogP contribution >= 0.6 is 11.3 Å². The molecule has 1 saturated heterocycles. The van der Waals surface area contributed by atoms with Crippen molar-refractivity contribution in [3.05, 3.63) is 35.0 Å². The second-order valence-corrected chi connectivity index (χ2v) is 7.45. The van der Waals surface area contributed by atoms with Crippen molar-refractivity contribution in [1.82, 2.24) is 25.0 Å². The van der Waals surface area contributed by atoms with Crippen molar-refractivity contribution in [2.75, 3.05) is 19.6 Å². The number of rotatable bonds is 7. The van der Waals surface area contributed by atoms with E-state index < -0.39 is 0 Å². The average Bonchev–Trinajstić information content (AvgIpc) is 3.28. The van der Waals surface area contributed by atoms with E-state index in [0.717, 1.165) is 32.5 Å². The van der Waals surface area contributed by atoms with E-state index in [4.69, 9.17) is 0 Å². The minimum absolute atomic E-state index is 0.0770. The topological polar surface area (TPSA) is 63.1 Å². The molecule has 0 aromatic carbocycles. The minimum atomic E-state index is -0.0770. The fourth-order valence-corrected chi connectivity index (χ4v) is 3.98. The molecule has 0 radical (unpaired) electrons. The Morgan fingerprint density at radius 2 is 2.46 bits per heavy atom. The van der Waals surface area contributed by atoms with E-state index in [1.165, 1.54) is 11.3 Å². The van der Waals surface area contributed by atoms with Crippen molar-refractivity contribution >= 4 is 17.2 Å². The summed E-state index contributed by atoms with van der Waals surface area (Å²) in [5.74, 6) is 0.662. The van der Waals surface area contributed by atoms with Gasteiger partial charge in [0.05, 0.1) is 6.04 Å². The maximum atomic E-state index is 12.4. The van der Waals surface area contributed by atoms with E-state index in [0.29, 0.717) is 12.5 Å². The number of likely N-dealkylation sites (tertiary alicyclic amines) is 1. The zero-order chi connectivity index (χ0) is 16.8. The number of hydrogen-bond donors (Lipinski definition) is 1. The Morgan fingerprint density at radius 1 is 1.54 bits per heavy atom. The van der Waals surface area contributed by atoms with Gasteiger partial charge in [0.2, 0.25) is 5.91 Å². The van der Waals surface area contributed by atoms with Gasteiger partial charge in [-0.15, -0.1) is 11.3 Å². The molecule has 1 N–H and O–H groups in total. The number of aromatic nitrogens is 3. The summed E-state index contributed by atoms with van der Waals surface area (Å²) in [4.78, 5) is 20.0. The number of piperidine rings is 1. The van der Waals surface area contributed by atoms with E-state index in [9.17, 15) is 4.79 Å². The second-order valence-electron chi connectivity index (χ2n) is 6.42. The van der Waals surface area contributed by atoms with Gasteiger partial charge in [0, 0.05) is 24.5 Å². The van der Waals surface area contributed by atoms with Crippen molar-refractivity contribution in [2.24, 2.45) is 5.92 Å². The molecule has 0 bridgehead atoms. The summed E-state index contributed by atoms with van der Waals surface area (Å²) in [5.41, 5.74) is 0. The molecule has 7 heteroatoms. The van der Waals surface area contributed by atoms with E-state index in [1.54, 1.807) is 24.0 Å². The Morgan fingerprint density at radius 3 is 3.21 bits per heavy atom. The molecule has 0 spiro atoms. The van der Waals surface area contributed by atoms with Gasteiger partial charge in [-0.25, -0.2) is 4.98 Å². The summed E-state index contributed by atoms with van der Waals surface area (Å²) >= 11 is 1.74. The highest BCUT2D eigenvalue weighted by Crippen LogP contribution is 2.20. The molecule has 0 saturated carbocycles. The molecule has 0 aliphatic carbocycles. The standard InChI is InChI=1S/C17H25N5OS/c1-14(17(23)19-7-6-16-5-3-9-24-16)21-8-2-4-15(10-21)11-22-13-18-12-20-22/h3,5,9,12-15H,2,4,6-8,10-11H2,1H3,(H,19,23). The summed E-state index contributed by atoms with van der Waals surface area (Å²) in [6.07, 6.45) is 6.56. The Balaban J connectivity index is 1.44. The first-order chi connectivity index (χ1) is 11.7. The Kier molecular flexibility index (Phi) is 5.98. The van der Waals surface area contributed by atoms with Crippen LogP contribution < -0.4 is 5.32 Å². The second kappa shape index (κ2) is 8.39. The highest BCUT2D eigenvalue weighted by Gasteiger charge is 2.27. The summed E-state index contributed by atoms with van der Waals surface area (Å²) in [6, 6.07) is 4.08. The summed E-state index contributed by atoms with van der Waals surface area (Å²) in [5, 5.41) is 9.34. The predicted octanol–water partition coefficient (Wildman–Crippen LogP) is 1.80. The van der Waals surface area contributed by atoms with E-state index in [-0.39, 0.29) is 11.9 Å². The van der Waals surface area contributed by atoms with Gasteiger partial charge in [0.25, 0.3) is 0 Å². The Labute approximate surface area is 146 Å². The van der Waals surface area contributed by atoms with Gasteiger partial charge in [-0.1, -0.05) is 6.07 Å². The molecule has 1 fully saturated rings. The molecule has 2 unspecified atom stereocenters. The fourth-order valence-electron chi connectivity index (χ4n) is 3.27. The first-order valence-corrected chi connectivity index (χ1v) is 9.47. The third-order valence-corrected chi connectivity index (χ3v) is 5.58. The summed E-state index contributed by atoms with van der Waals surface area (Å²) in [7, 11) is 0. The molecule has 130 valence electrons. The zero-order valence-electron chi connectivity index (χ0n) is 14.1. The molecule has 2 aromatic rings. The monoisotopic (exact) mass is 347 g/mol. The first kappa shape index (κ1) is 17.1. The van der Waals surface area contributed by atoms with Gasteiger partial charge in [-0.2, -0.15) is 5.10 Å². The lowest BCUT2D eigenvalue weighted by molar-refractivity contribution is -0.126. The van der Waals surface area contributed by atoms with Crippen LogP contribution in [0.1, 0.15) is 24.6 Å². The van der Waals surface area contributed by atoms with E-state index in [2.05, 4.69) is 31.7 Å². The average molecular weight is 347 g/mol. The maximum absolute atomic E-state index is 12.4. The minimum Gasteiger partial charge on any atom is -0.354 e. The number of amides is 1. The fraction of sp³-hybridized carbons (Fsp3) is 0.588. The highest BCUT2D eigenvalue weighted by atomic mass is 32.1. The lowest BCUT2D eigenvalue weighted by Crippen LogP contribution is -2.49. The molecular formula is C17H25N5OS. The van der Waals surface area contributed by atoms with E-state index in [1.807, 2.05) is 17.7 Å². The molecule has 6 nitrogen and oxygen atoms in total. The smallest absolute Gasteiger partial charge is 0.237 e. The van der Waals surface area contributed by atoms with Crippen LogP contribution in [0.5, 0.6) is 0 Å². The molecule has 3 heterocycles. The third kappa shape index (κ3) is 4.64. The Bertz CT molecular complexity index is 613. The number of carbonyl (C=O) groups is 1. The van der Waals surface area contributed by atoms with Gasteiger partial charge in [0.1, 0.15) is 12.7 Å². The molecule has 3 rings (SSSR count). The van der Waals surface area contributed by atoms with Crippen LogP contribution in [0, 0.1) is 5.92 Å². The number of thiophene rings is 1. The van der Waals surface area contributed by atoms with Crippen LogP contribution in [0.4, 0.5) is 0 Å². The molecule has 24 heavy (non-hydrogen) atoms. The first-order valence-electron chi connectivity index (χ1n) is 8.59. The van der Waals surface area contributed by atoms with Crippen LogP contribution in [0.2, 0.25) is 0 Å². The quantitative estimate of drug-likeness (QED) is 0.830. The van der Waals surface area contributed by atoms with Crippen molar-refractivity contribution in [2.45, 2.75) is 38.8 Å². The molecule has 1 aliphatic rings. The SMILES string of the molecule is CC(C(=O)NCCc1cccs1)N1CCCC(Cn2cncn2)C1. The highest BCUT2D eigenvalue weighted by molar-refractivity contribution is 7.09. The molecule has 2 aromatic heterocycles. The predicted molar refractivity (Wildman–Crippen MR) is 94.8 cm³/mol. The van der Waals surface area contributed by atoms with Crippen LogP contribution in [0.25, 0.3) is 0 Å². The molecular weight excluding hydrogens is 322 g/mol. The molecule has 1 aliphatic heterocycles. The molecule has 1 amide bonds. The van der Waals surface area contributed by atoms with Gasteiger partial charge in [-0.3, -0.25) is 14.4 Å². The summed E-state index contributed by atoms with van der Waals surface area (Å²) in [6.45, 7) is 5.54. The summed E-state index contributed by atoms with van der Waals surface area (Å²) < 4.78 is 1.89. The van der Waals surface area contributed by atoms with Crippen molar-refractivity contribution in [3.8, 4) is 0 Å². The number of nitrogens with one attached hydrogen (secondary N) is 1. The van der Waals surface area contributed by atoms with Gasteiger partial charge < -0.3 is 5.32 Å². The van der Waals surface area contributed by atoms with Crippen LogP contribution in [0.15, 0.2) is 30.2 Å². The van der Waals surface area contributed by atoms with Crippen molar-refractivity contribution < 1.29 is 4.79 Å². The lowest BCUT2D eigenvalue weighted by Gasteiger charge is -2.36. The zero-order valence-corrected chi connectivity index (χ0v) is 14.9. The number of carbonyl (C=O) groups excluding carboxylic acids is 1. The lowest BCUT2D eigenvalue weighted by atomic mass is 9.96. The van der Waals surface area contributed by atoms with Gasteiger partial charge >= 0.3 is 0 Å². The third-order valence-electron chi connectivity index (χ3n) is 4.64. The van der Waals surface area contributed by atoms with Crippen molar-refractivity contribution in [3.63, 3.8) is 0 Å². The largest absolute Gasteiger partial charge is 0.354 e. The van der Waals surface area contributed by atoms with Gasteiger partial charge in [-0.05, 0) is 50.1 Å². The normalized spacial score (nSPS) is 20.0.